The molecular weight excluding hydrogens is 302 g/mol. The third-order valence-corrected chi connectivity index (χ3v) is 4.56. The molecule has 1 amide bonds. The molecule has 126 valence electrons. The van der Waals surface area contributed by atoms with E-state index in [9.17, 15) is 20.1 Å². The number of nitrogens with one attached hydrogen (secondary N) is 1. The average molecular weight is 323 g/mol. The average Bonchev–Trinajstić information content (AvgIpc) is 3.04. The molecule has 0 spiro atoms. The Morgan fingerprint density at radius 1 is 1.17 bits per heavy atom. The maximum atomic E-state index is 11.5. The van der Waals surface area contributed by atoms with Crippen LogP contribution < -0.4 is 14.8 Å². The Morgan fingerprint density at radius 2 is 1.87 bits per heavy atom. The summed E-state index contributed by atoms with van der Waals surface area (Å²) in [7, 11) is 1.49. The van der Waals surface area contributed by atoms with E-state index in [0.717, 1.165) is 12.8 Å². The summed E-state index contributed by atoms with van der Waals surface area (Å²) in [5.74, 6) is -4.57. The van der Waals surface area contributed by atoms with E-state index in [1.165, 1.54) is 7.11 Å². The van der Waals surface area contributed by atoms with Crippen LogP contribution in [0.2, 0.25) is 0 Å². The fraction of sp³-hybridized carbons (Fsp3) is 0.562. The molecule has 7 heteroatoms. The van der Waals surface area contributed by atoms with Gasteiger partial charge < -0.3 is 30.1 Å². The van der Waals surface area contributed by atoms with Crippen molar-refractivity contribution in [3.05, 3.63) is 23.8 Å². The molecule has 1 saturated carbocycles. The zero-order valence-electron chi connectivity index (χ0n) is 12.9. The minimum Gasteiger partial charge on any atom is -0.493 e. The Kier molecular flexibility index (Phi) is 3.95. The second-order valence-electron chi connectivity index (χ2n) is 6.15. The summed E-state index contributed by atoms with van der Waals surface area (Å²) in [6.45, 7) is 0.113. The number of carbonyl (C=O) groups is 1. The molecule has 7 nitrogen and oxygen atoms in total. The van der Waals surface area contributed by atoms with Crippen LogP contribution in [0.5, 0.6) is 11.5 Å². The van der Waals surface area contributed by atoms with E-state index in [1.807, 2.05) is 0 Å². The number of ether oxygens (including phenoxy) is 2. The Bertz CT molecular complexity index is 609. The molecule has 1 aromatic carbocycles. The van der Waals surface area contributed by atoms with Gasteiger partial charge in [0.25, 0.3) is 11.7 Å². The summed E-state index contributed by atoms with van der Waals surface area (Å²) >= 11 is 0. The molecule has 3 rings (SSSR count). The van der Waals surface area contributed by atoms with Crippen molar-refractivity contribution in [3.8, 4) is 11.5 Å². The molecule has 1 atom stereocenters. The summed E-state index contributed by atoms with van der Waals surface area (Å²) in [5.41, 5.74) is 0.519. The minimum absolute atomic E-state index is 0.113. The van der Waals surface area contributed by atoms with Crippen LogP contribution >= 0.6 is 0 Å². The van der Waals surface area contributed by atoms with Gasteiger partial charge in [-0.1, -0.05) is 6.07 Å². The zero-order valence-corrected chi connectivity index (χ0v) is 12.9. The van der Waals surface area contributed by atoms with Gasteiger partial charge in [-0.05, 0) is 30.5 Å². The Morgan fingerprint density at radius 3 is 2.43 bits per heavy atom. The van der Waals surface area contributed by atoms with Crippen LogP contribution in [0, 0.1) is 0 Å². The van der Waals surface area contributed by atoms with Gasteiger partial charge in [-0.15, -0.1) is 0 Å². The monoisotopic (exact) mass is 323 g/mol. The molecule has 1 aliphatic heterocycles. The number of carbonyl (C=O) groups excluding carboxylic acids is 1. The van der Waals surface area contributed by atoms with Gasteiger partial charge in [-0.2, -0.15) is 0 Å². The second kappa shape index (κ2) is 5.67. The van der Waals surface area contributed by atoms with Crippen LogP contribution in [-0.4, -0.2) is 46.5 Å². The minimum atomic E-state index is -2.46. The Hall–Kier alpha value is -1.83. The molecule has 1 saturated heterocycles. The van der Waals surface area contributed by atoms with Gasteiger partial charge in [-0.3, -0.25) is 4.79 Å². The first-order chi connectivity index (χ1) is 10.9. The quantitative estimate of drug-likeness (QED) is 0.591. The van der Waals surface area contributed by atoms with E-state index < -0.39 is 23.4 Å². The van der Waals surface area contributed by atoms with E-state index in [-0.39, 0.29) is 6.54 Å². The number of aliphatic hydroxyl groups is 3. The predicted octanol–water partition coefficient (Wildman–Crippen LogP) is 0.231. The molecule has 4 N–H and O–H groups in total. The Balaban J connectivity index is 1.92. The van der Waals surface area contributed by atoms with Crippen LogP contribution in [-0.2, 0) is 4.79 Å². The first kappa shape index (κ1) is 16.0. The van der Waals surface area contributed by atoms with Crippen LogP contribution in [0.15, 0.2) is 18.2 Å². The van der Waals surface area contributed by atoms with E-state index >= 15 is 0 Å². The smallest absolute Gasteiger partial charge is 0.280 e. The highest BCUT2D eigenvalue weighted by atomic mass is 16.6. The summed E-state index contributed by atoms with van der Waals surface area (Å²) in [5, 5.41) is 32.8. The summed E-state index contributed by atoms with van der Waals surface area (Å²) in [6, 6.07) is 4.86. The molecular formula is C16H21NO6. The van der Waals surface area contributed by atoms with Crippen molar-refractivity contribution in [2.75, 3.05) is 13.7 Å². The standard InChI is InChI=1S/C16H21NO6/c1-22-12-5-4-10(11-9-17-14(18)16(11,20)21)8-13(12)23-15(19)6-2-3-7-15/h4-5,8,11,19-21H,2-3,6-7,9H2,1H3,(H,17,18). The topological polar surface area (TPSA) is 108 Å². The van der Waals surface area contributed by atoms with Crippen molar-refractivity contribution >= 4 is 5.91 Å². The third-order valence-electron chi connectivity index (χ3n) is 4.56. The first-order valence-electron chi connectivity index (χ1n) is 7.68. The van der Waals surface area contributed by atoms with Crippen molar-refractivity contribution in [1.29, 1.82) is 0 Å². The van der Waals surface area contributed by atoms with Gasteiger partial charge in [0, 0.05) is 19.4 Å². The predicted molar refractivity (Wildman–Crippen MR) is 80.0 cm³/mol. The summed E-state index contributed by atoms with van der Waals surface area (Å²) in [6.07, 6.45) is 2.84. The molecule has 2 aliphatic rings. The van der Waals surface area contributed by atoms with Crippen molar-refractivity contribution in [2.45, 2.75) is 43.2 Å². The highest BCUT2D eigenvalue weighted by Gasteiger charge is 2.48. The van der Waals surface area contributed by atoms with Crippen molar-refractivity contribution in [3.63, 3.8) is 0 Å². The van der Waals surface area contributed by atoms with E-state index in [4.69, 9.17) is 9.47 Å². The van der Waals surface area contributed by atoms with Crippen LogP contribution in [0.4, 0.5) is 0 Å². The summed E-state index contributed by atoms with van der Waals surface area (Å²) < 4.78 is 11.0. The number of amides is 1. The van der Waals surface area contributed by atoms with Gasteiger partial charge in [-0.25, -0.2) is 0 Å². The van der Waals surface area contributed by atoms with Crippen molar-refractivity contribution in [2.24, 2.45) is 0 Å². The Labute approximate surface area is 133 Å². The molecule has 2 fully saturated rings. The lowest BCUT2D eigenvalue weighted by Gasteiger charge is -2.26. The number of methoxy groups -OCH3 is 1. The number of benzene rings is 1. The first-order valence-corrected chi connectivity index (χ1v) is 7.68. The second-order valence-corrected chi connectivity index (χ2v) is 6.15. The van der Waals surface area contributed by atoms with Gasteiger partial charge in [0.15, 0.2) is 11.5 Å². The van der Waals surface area contributed by atoms with Crippen LogP contribution in [0.1, 0.15) is 37.2 Å². The van der Waals surface area contributed by atoms with E-state index in [0.29, 0.717) is 29.9 Å². The molecule has 0 radical (unpaired) electrons. The fourth-order valence-corrected chi connectivity index (χ4v) is 3.20. The largest absolute Gasteiger partial charge is 0.493 e. The maximum Gasteiger partial charge on any atom is 0.280 e. The normalized spacial score (nSPS) is 25.2. The molecule has 0 aromatic heterocycles. The SMILES string of the molecule is COc1ccc(C2CNC(=O)C2(O)O)cc1OC1(O)CCCC1. The molecule has 0 bridgehead atoms. The van der Waals surface area contributed by atoms with E-state index in [2.05, 4.69) is 5.32 Å². The van der Waals surface area contributed by atoms with Gasteiger partial charge >= 0.3 is 0 Å². The third kappa shape index (κ3) is 2.87. The highest BCUT2D eigenvalue weighted by molar-refractivity contribution is 5.87. The highest BCUT2D eigenvalue weighted by Crippen LogP contribution is 2.40. The number of hydrogen-bond acceptors (Lipinski definition) is 6. The van der Waals surface area contributed by atoms with E-state index in [1.54, 1.807) is 18.2 Å². The van der Waals surface area contributed by atoms with Gasteiger partial charge in [0.1, 0.15) is 0 Å². The maximum absolute atomic E-state index is 11.5. The lowest BCUT2D eigenvalue weighted by molar-refractivity contribution is -0.181. The van der Waals surface area contributed by atoms with Gasteiger partial charge in [0.05, 0.1) is 13.0 Å². The summed E-state index contributed by atoms with van der Waals surface area (Å²) in [4.78, 5) is 11.5. The van der Waals surface area contributed by atoms with Crippen LogP contribution in [0.3, 0.4) is 0 Å². The lowest BCUT2D eigenvalue weighted by Crippen LogP contribution is -2.41. The fourth-order valence-electron chi connectivity index (χ4n) is 3.20. The molecule has 23 heavy (non-hydrogen) atoms. The molecule has 1 heterocycles. The van der Waals surface area contributed by atoms with Crippen molar-refractivity contribution < 1.29 is 29.6 Å². The number of hydrogen-bond donors (Lipinski definition) is 4. The molecule has 1 aliphatic carbocycles. The number of rotatable bonds is 4. The molecule has 1 aromatic rings. The van der Waals surface area contributed by atoms with Gasteiger partial charge in [0.2, 0.25) is 5.79 Å². The molecule has 1 unspecified atom stereocenters. The van der Waals surface area contributed by atoms with Crippen molar-refractivity contribution in [1.82, 2.24) is 5.32 Å². The zero-order chi connectivity index (χ0) is 16.7. The lowest BCUT2D eigenvalue weighted by atomic mass is 9.93. The van der Waals surface area contributed by atoms with Crippen LogP contribution in [0.25, 0.3) is 0 Å².